The summed E-state index contributed by atoms with van der Waals surface area (Å²) < 4.78 is 10.7. The molecule has 3 rings (SSSR count). The van der Waals surface area contributed by atoms with Crippen LogP contribution >= 0.6 is 0 Å². The molecule has 3 aromatic carbocycles. The molecule has 0 aliphatic rings. The number of likely N-dealkylation sites (N-methyl/N-ethyl adjacent to an activating group) is 1. The van der Waals surface area contributed by atoms with Crippen LogP contribution in [0.5, 0.6) is 11.5 Å². The van der Waals surface area contributed by atoms with E-state index in [9.17, 15) is 4.79 Å². The van der Waals surface area contributed by atoms with Crippen molar-refractivity contribution < 1.29 is 19.2 Å². The van der Waals surface area contributed by atoms with Gasteiger partial charge in [-0.2, -0.15) is 0 Å². The standard InChI is InChI=1S/C25H28N2O3/c1-27(17-21-13-14-22(29-2)16-24(21)30-3)18-25(28)26-23-12-8-7-11-20(23)15-19-9-5-4-6-10-19/h4-14,16H,15,17-18H2,1-3H3,(H,26,28)/p+1. The van der Waals surface area contributed by atoms with Crippen LogP contribution in [0.15, 0.2) is 72.8 Å². The van der Waals surface area contributed by atoms with Gasteiger partial charge in [0.2, 0.25) is 0 Å². The number of hydrogen-bond donors (Lipinski definition) is 2. The lowest BCUT2D eigenvalue weighted by molar-refractivity contribution is -0.885. The molecule has 0 heterocycles. The summed E-state index contributed by atoms with van der Waals surface area (Å²) in [5.41, 5.74) is 4.22. The van der Waals surface area contributed by atoms with Crippen molar-refractivity contribution in [1.82, 2.24) is 0 Å². The van der Waals surface area contributed by atoms with Gasteiger partial charge < -0.3 is 19.7 Å². The fourth-order valence-electron chi connectivity index (χ4n) is 3.47. The van der Waals surface area contributed by atoms with Crippen molar-refractivity contribution in [2.45, 2.75) is 13.0 Å². The molecule has 0 saturated heterocycles. The van der Waals surface area contributed by atoms with Gasteiger partial charge in [0, 0.05) is 17.3 Å². The Morgan fingerprint density at radius 2 is 1.63 bits per heavy atom. The maximum Gasteiger partial charge on any atom is 0.279 e. The summed E-state index contributed by atoms with van der Waals surface area (Å²) >= 11 is 0. The van der Waals surface area contributed by atoms with Crippen LogP contribution in [0.25, 0.3) is 0 Å². The van der Waals surface area contributed by atoms with Gasteiger partial charge in [-0.05, 0) is 35.7 Å². The predicted molar refractivity (Wildman–Crippen MR) is 119 cm³/mol. The fraction of sp³-hybridized carbons (Fsp3) is 0.240. The Kier molecular flexibility index (Phi) is 7.46. The van der Waals surface area contributed by atoms with Crippen molar-refractivity contribution >= 4 is 11.6 Å². The maximum absolute atomic E-state index is 12.7. The average Bonchev–Trinajstić information content (AvgIpc) is 2.76. The summed E-state index contributed by atoms with van der Waals surface area (Å²) in [5, 5.41) is 3.08. The van der Waals surface area contributed by atoms with Crippen LogP contribution < -0.4 is 19.7 Å². The molecule has 0 aliphatic heterocycles. The van der Waals surface area contributed by atoms with Crippen molar-refractivity contribution in [3.05, 3.63) is 89.5 Å². The third kappa shape index (κ3) is 5.84. The van der Waals surface area contributed by atoms with E-state index in [1.54, 1.807) is 14.2 Å². The van der Waals surface area contributed by atoms with Crippen molar-refractivity contribution in [3.8, 4) is 11.5 Å². The first-order valence-corrected chi connectivity index (χ1v) is 10.0. The van der Waals surface area contributed by atoms with Gasteiger partial charge >= 0.3 is 0 Å². The molecule has 1 amide bonds. The fourth-order valence-corrected chi connectivity index (χ4v) is 3.47. The Labute approximate surface area is 178 Å². The van der Waals surface area contributed by atoms with Gasteiger partial charge in [0.05, 0.1) is 21.3 Å². The van der Waals surface area contributed by atoms with E-state index in [0.717, 1.165) is 39.6 Å². The molecule has 1 atom stereocenters. The summed E-state index contributed by atoms with van der Waals surface area (Å²) in [6, 6.07) is 24.0. The molecule has 0 aromatic heterocycles. The van der Waals surface area contributed by atoms with Gasteiger partial charge in [0.25, 0.3) is 5.91 Å². The summed E-state index contributed by atoms with van der Waals surface area (Å²) in [6.07, 6.45) is 0.781. The molecule has 5 heteroatoms. The van der Waals surface area contributed by atoms with Gasteiger partial charge in [-0.1, -0.05) is 48.5 Å². The average molecular weight is 406 g/mol. The SMILES string of the molecule is COc1ccc(C[NH+](C)CC(=O)Nc2ccccc2Cc2ccccc2)c(OC)c1. The number of methoxy groups -OCH3 is 2. The molecule has 0 fully saturated rings. The minimum atomic E-state index is -0.0134. The molecular weight excluding hydrogens is 376 g/mol. The van der Waals surface area contributed by atoms with Crippen molar-refractivity contribution in [3.63, 3.8) is 0 Å². The second kappa shape index (κ2) is 10.5. The third-order valence-electron chi connectivity index (χ3n) is 4.98. The van der Waals surface area contributed by atoms with Crippen LogP contribution in [-0.4, -0.2) is 33.7 Å². The highest BCUT2D eigenvalue weighted by molar-refractivity contribution is 5.92. The first-order valence-electron chi connectivity index (χ1n) is 10.0. The van der Waals surface area contributed by atoms with Gasteiger partial charge in [0.15, 0.2) is 6.54 Å². The number of quaternary nitrogens is 1. The maximum atomic E-state index is 12.7. The van der Waals surface area contributed by atoms with E-state index in [0.29, 0.717) is 13.1 Å². The molecule has 0 aliphatic carbocycles. The Balaban J connectivity index is 1.62. The Morgan fingerprint density at radius 1 is 0.900 bits per heavy atom. The van der Waals surface area contributed by atoms with Crippen LogP contribution in [0.3, 0.4) is 0 Å². The molecular formula is C25H29N2O3+. The highest BCUT2D eigenvalue weighted by Crippen LogP contribution is 2.24. The number of anilines is 1. The molecule has 1 unspecified atom stereocenters. The third-order valence-corrected chi connectivity index (χ3v) is 4.98. The first-order chi connectivity index (χ1) is 14.6. The van der Waals surface area contributed by atoms with Gasteiger partial charge in [-0.3, -0.25) is 4.79 Å². The Morgan fingerprint density at radius 3 is 2.37 bits per heavy atom. The Bertz CT molecular complexity index is 973. The molecule has 30 heavy (non-hydrogen) atoms. The quantitative estimate of drug-likeness (QED) is 0.576. The molecule has 0 saturated carbocycles. The van der Waals surface area contributed by atoms with Crippen LogP contribution in [0, 0.1) is 0 Å². The van der Waals surface area contributed by atoms with E-state index in [2.05, 4.69) is 23.5 Å². The van der Waals surface area contributed by atoms with Crippen molar-refractivity contribution in [2.24, 2.45) is 0 Å². The van der Waals surface area contributed by atoms with Crippen LogP contribution in [0.1, 0.15) is 16.7 Å². The van der Waals surface area contributed by atoms with E-state index < -0.39 is 0 Å². The lowest BCUT2D eigenvalue weighted by Gasteiger charge is -2.17. The lowest BCUT2D eigenvalue weighted by Crippen LogP contribution is -3.08. The Hall–Kier alpha value is -3.31. The van der Waals surface area contributed by atoms with E-state index >= 15 is 0 Å². The molecule has 0 radical (unpaired) electrons. The number of benzene rings is 3. The van der Waals surface area contributed by atoms with Gasteiger partial charge in [0.1, 0.15) is 18.0 Å². The number of para-hydroxylation sites is 1. The molecule has 156 valence electrons. The number of rotatable bonds is 9. The van der Waals surface area contributed by atoms with E-state index in [1.165, 1.54) is 5.56 Å². The monoisotopic (exact) mass is 405 g/mol. The van der Waals surface area contributed by atoms with Gasteiger partial charge in [-0.15, -0.1) is 0 Å². The lowest BCUT2D eigenvalue weighted by atomic mass is 10.0. The first kappa shape index (κ1) is 21.4. The number of ether oxygens (including phenoxy) is 2. The minimum Gasteiger partial charge on any atom is -0.497 e. The number of carbonyl (C=O) groups is 1. The summed E-state index contributed by atoms with van der Waals surface area (Å²) in [7, 11) is 5.27. The van der Waals surface area contributed by atoms with Crippen molar-refractivity contribution in [1.29, 1.82) is 0 Å². The topological polar surface area (TPSA) is 52.0 Å². The van der Waals surface area contributed by atoms with Crippen LogP contribution in [0.4, 0.5) is 5.69 Å². The van der Waals surface area contributed by atoms with E-state index in [1.807, 2.05) is 61.6 Å². The minimum absolute atomic E-state index is 0.0134. The zero-order chi connectivity index (χ0) is 21.3. The summed E-state index contributed by atoms with van der Waals surface area (Å²) in [4.78, 5) is 13.8. The van der Waals surface area contributed by atoms with E-state index in [4.69, 9.17) is 9.47 Å². The molecule has 5 nitrogen and oxygen atoms in total. The zero-order valence-corrected chi connectivity index (χ0v) is 17.8. The smallest absolute Gasteiger partial charge is 0.279 e. The van der Waals surface area contributed by atoms with E-state index in [-0.39, 0.29) is 5.91 Å². The molecule has 0 spiro atoms. The summed E-state index contributed by atoms with van der Waals surface area (Å²) in [5.74, 6) is 1.50. The van der Waals surface area contributed by atoms with Crippen LogP contribution in [0.2, 0.25) is 0 Å². The largest absolute Gasteiger partial charge is 0.497 e. The second-order valence-corrected chi connectivity index (χ2v) is 7.36. The zero-order valence-electron chi connectivity index (χ0n) is 17.8. The number of amides is 1. The molecule has 3 aromatic rings. The highest BCUT2D eigenvalue weighted by Gasteiger charge is 2.15. The molecule has 0 bridgehead atoms. The molecule has 2 N–H and O–H groups in total. The van der Waals surface area contributed by atoms with Gasteiger partial charge in [-0.25, -0.2) is 0 Å². The van der Waals surface area contributed by atoms with Crippen molar-refractivity contribution in [2.75, 3.05) is 33.1 Å². The number of carbonyl (C=O) groups excluding carboxylic acids is 1. The van der Waals surface area contributed by atoms with Crippen LogP contribution in [-0.2, 0) is 17.8 Å². The number of hydrogen-bond acceptors (Lipinski definition) is 3. The normalized spacial score (nSPS) is 11.6. The second-order valence-electron chi connectivity index (χ2n) is 7.36. The predicted octanol–water partition coefficient (Wildman–Crippen LogP) is 2.95. The number of nitrogens with one attached hydrogen (secondary N) is 2. The highest BCUT2D eigenvalue weighted by atomic mass is 16.5. The summed E-state index contributed by atoms with van der Waals surface area (Å²) in [6.45, 7) is 1.03.